The first kappa shape index (κ1) is 106. The van der Waals surface area contributed by atoms with Crippen molar-refractivity contribution in [3.05, 3.63) is 163 Å². The summed E-state index contributed by atoms with van der Waals surface area (Å²) in [5, 5.41) is 6.54. The molecule has 0 bridgehead atoms. The molecule has 0 spiro atoms. The molecule has 8 aromatic rings. The van der Waals surface area contributed by atoms with E-state index in [4.69, 9.17) is 48.6 Å². The number of benzene rings is 5. The van der Waals surface area contributed by atoms with E-state index in [-0.39, 0.29) is 74.5 Å². The SMILES string of the molecule is BrCc1ccccc1.CC(C)(C)OC(=O)CCCCN.CC(C)C=O.CC(C)CN(CCCCC(=O)OC(C)(C)C)S(=O)(=O)c1ccc2occc2c1.CC(C)CN(CCCN(Cc1ccccc1)C(=O)OC(C)(C)C)S(=O)(=O)c1ccc2occc2c1.CC(C)CNCCCCC(=O)OC(C)(C)C.O=S(=O)(Cl)c1ccc2occc2c1. The molecule has 5 aromatic carbocycles. The fourth-order valence-electron chi connectivity index (χ4n) is 10.5. The van der Waals surface area contributed by atoms with Gasteiger partial charge in [-0.15, -0.1) is 0 Å². The number of esters is 3. The lowest BCUT2D eigenvalue weighted by Gasteiger charge is -2.29. The molecule has 0 aliphatic heterocycles. The predicted molar refractivity (Wildman–Crippen MR) is 472 cm³/mol. The molecule has 23 nitrogen and oxygen atoms in total. The van der Waals surface area contributed by atoms with Gasteiger partial charge in [-0.3, -0.25) is 14.4 Å². The predicted octanol–water partition coefficient (Wildman–Crippen LogP) is 20.5. The average Bonchev–Trinajstić information content (AvgIpc) is 1.79. The van der Waals surface area contributed by atoms with Gasteiger partial charge in [-0.2, -0.15) is 8.61 Å². The van der Waals surface area contributed by atoms with E-state index in [1.807, 2.05) is 173 Å². The van der Waals surface area contributed by atoms with Gasteiger partial charge in [0.2, 0.25) is 20.0 Å². The first-order valence-electron chi connectivity index (χ1n) is 40.0. The second kappa shape index (κ2) is 52.6. The van der Waals surface area contributed by atoms with Gasteiger partial charge in [0.1, 0.15) is 45.4 Å². The summed E-state index contributed by atoms with van der Waals surface area (Å²) in [4.78, 5) is 58.9. The summed E-state index contributed by atoms with van der Waals surface area (Å²) in [5.74, 6) is 0.760. The molecule has 117 heavy (non-hydrogen) atoms. The maximum atomic E-state index is 13.5. The smallest absolute Gasteiger partial charge is 0.410 e. The van der Waals surface area contributed by atoms with E-state index >= 15 is 0 Å². The third-order valence-electron chi connectivity index (χ3n) is 15.6. The Morgan fingerprint density at radius 3 is 1.17 bits per heavy atom. The Kier molecular flexibility index (Phi) is 47.4. The molecular weight excluding hydrogens is 1640 g/mol. The molecule has 0 fully saturated rings. The van der Waals surface area contributed by atoms with E-state index in [0.29, 0.717) is 94.0 Å². The highest BCUT2D eigenvalue weighted by Gasteiger charge is 2.30. The average molecular weight is 1770 g/mol. The molecule has 3 heterocycles. The molecule has 3 aromatic heterocycles. The first-order chi connectivity index (χ1) is 54.5. The Hall–Kier alpha value is -7.47. The van der Waals surface area contributed by atoms with Crippen LogP contribution in [0.4, 0.5) is 4.79 Å². The summed E-state index contributed by atoms with van der Waals surface area (Å²) < 4.78 is 115. The van der Waals surface area contributed by atoms with Crippen LogP contribution in [0.2, 0.25) is 0 Å². The van der Waals surface area contributed by atoms with Crippen LogP contribution < -0.4 is 11.1 Å². The van der Waals surface area contributed by atoms with Crippen molar-refractivity contribution in [3.63, 3.8) is 0 Å². The van der Waals surface area contributed by atoms with E-state index in [1.165, 1.54) is 32.6 Å². The van der Waals surface area contributed by atoms with Crippen LogP contribution in [0.3, 0.4) is 0 Å². The molecule has 0 aliphatic carbocycles. The number of sulfonamides is 2. The van der Waals surface area contributed by atoms with Crippen molar-refractivity contribution >= 4 is 119 Å². The lowest BCUT2D eigenvalue weighted by atomic mass is 10.2. The number of hydrogen-bond donors (Lipinski definition) is 2. The van der Waals surface area contributed by atoms with Crippen LogP contribution in [0, 0.1) is 23.7 Å². The van der Waals surface area contributed by atoms with Gasteiger partial charge < -0.3 is 52.9 Å². The lowest BCUT2D eigenvalue weighted by molar-refractivity contribution is -0.156. The molecule has 28 heteroatoms. The standard InChI is InChI=1S/C27H36N2O5S.C21H31NO5S.C13H27NO2.C9H19NO2.C8H5ClO3S.C7H7Br.C4H8O/c1-21(2)19-29(35(31,32)24-12-13-25-23(18-24)14-17-33-25)16-9-15-28(26(30)34-27(3,4)5)20-22-10-7-6-8-11-22;1-16(2)15-22(12-7-6-8-20(23)27-21(3,4)5)28(24,25)18-9-10-19-17(14-18)11-13-26-19;1-11(2)10-14-9-7-6-8-12(15)16-13(3,4)5;1-9(2,3)12-8(11)6-4-5-7-10;9-13(10,11)7-1-2-8-6(5-7)3-4-12-8;8-6-7-4-2-1-3-5-7;1-4(2)3-5/h6-8,10-14,17-18,21H,9,15-16,19-20H2,1-5H3;9-11,13-14,16H,6-8,12,15H2,1-5H3;11,14H,6-10H2,1-5H3;4-7,10H2,1-3H3;1-5H;1-5H,6H2;3-4H,1-2H3. The van der Waals surface area contributed by atoms with Crippen molar-refractivity contribution in [2.24, 2.45) is 29.4 Å². The van der Waals surface area contributed by atoms with Crippen LogP contribution in [-0.4, -0.2) is 144 Å². The highest BCUT2D eigenvalue weighted by Crippen LogP contribution is 2.28. The van der Waals surface area contributed by atoms with Crippen molar-refractivity contribution in [1.82, 2.24) is 18.8 Å². The largest absolute Gasteiger partial charge is 0.464 e. The van der Waals surface area contributed by atoms with Gasteiger partial charge in [0.15, 0.2) is 0 Å². The minimum Gasteiger partial charge on any atom is -0.464 e. The van der Waals surface area contributed by atoms with Gasteiger partial charge in [0.25, 0.3) is 9.05 Å². The summed E-state index contributed by atoms with van der Waals surface area (Å²) in [6, 6.07) is 39.4. The molecule has 0 aliphatic rings. The quantitative estimate of drug-likeness (QED) is 0.00964. The summed E-state index contributed by atoms with van der Waals surface area (Å²) >= 11 is 3.36. The van der Waals surface area contributed by atoms with Gasteiger partial charge in [0, 0.05) is 96.6 Å². The molecule has 0 atom stereocenters. The first-order valence-corrected chi connectivity index (χ1v) is 46.3. The number of unbranched alkanes of at least 4 members (excludes halogenated alkanes) is 3. The highest BCUT2D eigenvalue weighted by molar-refractivity contribution is 9.08. The number of alkyl halides is 1. The topological polar surface area (TPSA) is 312 Å². The van der Waals surface area contributed by atoms with Crippen LogP contribution in [-0.2, 0) is 79.1 Å². The maximum absolute atomic E-state index is 13.5. The second-order valence-corrected chi connectivity index (χ2v) is 40.6. The number of fused-ring (bicyclic) bond motifs is 3. The Bertz CT molecular complexity index is 4540. The molecule has 654 valence electrons. The van der Waals surface area contributed by atoms with Gasteiger partial charge in [-0.1, -0.05) is 132 Å². The van der Waals surface area contributed by atoms with Gasteiger partial charge in [0.05, 0.1) is 33.5 Å². The summed E-state index contributed by atoms with van der Waals surface area (Å²) in [6.07, 6.45) is 11.7. The summed E-state index contributed by atoms with van der Waals surface area (Å²) in [7, 11) is -5.81. The zero-order valence-corrected chi connectivity index (χ0v) is 77.5. The number of rotatable bonds is 33. The second-order valence-electron chi connectivity index (χ2n) is 33.6. The Balaban J connectivity index is 0.000000501. The molecule has 3 N–H and O–H groups in total. The number of aldehydes is 1. The third-order valence-corrected chi connectivity index (χ3v) is 21.3. The monoisotopic (exact) mass is 1770 g/mol. The number of nitrogens with two attached hydrogens (primary N) is 1. The van der Waals surface area contributed by atoms with E-state index in [0.717, 1.165) is 72.1 Å². The van der Waals surface area contributed by atoms with Crippen LogP contribution in [0.5, 0.6) is 0 Å². The number of ether oxygens (including phenoxy) is 4. The van der Waals surface area contributed by atoms with E-state index in [1.54, 1.807) is 78.1 Å². The molecule has 0 saturated carbocycles. The number of carbonyl (C=O) groups excluding carboxylic acids is 5. The number of furan rings is 3. The summed E-state index contributed by atoms with van der Waals surface area (Å²) in [5.41, 5.74) is 7.71. The van der Waals surface area contributed by atoms with Gasteiger partial charge in [-0.05, 0) is 249 Å². The maximum Gasteiger partial charge on any atom is 0.410 e. The van der Waals surface area contributed by atoms with Crippen LogP contribution in [0.15, 0.2) is 180 Å². The van der Waals surface area contributed by atoms with Crippen LogP contribution in [0.25, 0.3) is 32.9 Å². The van der Waals surface area contributed by atoms with Crippen molar-refractivity contribution < 1.29 is 81.4 Å². The number of halogens is 2. The molecule has 0 unspecified atom stereocenters. The van der Waals surface area contributed by atoms with Crippen molar-refractivity contribution in [3.8, 4) is 0 Å². The Morgan fingerprint density at radius 1 is 0.470 bits per heavy atom. The Morgan fingerprint density at radius 2 is 0.829 bits per heavy atom. The van der Waals surface area contributed by atoms with E-state index in [2.05, 4.69) is 47.2 Å². The fourth-order valence-corrected chi connectivity index (χ4v) is 15.0. The van der Waals surface area contributed by atoms with E-state index in [9.17, 15) is 49.2 Å². The van der Waals surface area contributed by atoms with Crippen LogP contribution >= 0.6 is 26.6 Å². The minimum absolute atomic E-state index is 0.0862. The number of carbonyl (C=O) groups is 5. The molecule has 1 amide bonds. The zero-order chi connectivity index (χ0) is 88.4. The Labute approximate surface area is 711 Å². The van der Waals surface area contributed by atoms with Crippen LogP contribution in [0.1, 0.15) is 214 Å². The van der Waals surface area contributed by atoms with Crippen molar-refractivity contribution in [1.29, 1.82) is 0 Å². The number of nitrogens with zero attached hydrogens (tertiary/aromatic N) is 3. The normalized spacial score (nSPS) is 11.9. The lowest BCUT2D eigenvalue weighted by Crippen LogP contribution is -2.40. The molecule has 0 radical (unpaired) electrons. The molecule has 0 saturated heterocycles. The number of hydrogen-bond acceptors (Lipinski definition) is 20. The molecule has 8 rings (SSSR count). The zero-order valence-electron chi connectivity index (χ0n) is 72.7. The number of nitrogens with one attached hydrogen (secondary N) is 1. The van der Waals surface area contributed by atoms with Gasteiger partial charge in [-0.25, -0.2) is 30.0 Å². The number of amides is 1. The van der Waals surface area contributed by atoms with Crippen molar-refractivity contribution in [2.45, 2.75) is 252 Å². The van der Waals surface area contributed by atoms with E-state index < -0.39 is 46.4 Å². The van der Waals surface area contributed by atoms with Gasteiger partial charge >= 0.3 is 24.0 Å². The molecular formula is C89H133BrClN5O18S3. The van der Waals surface area contributed by atoms with Crippen molar-refractivity contribution in [2.75, 3.05) is 52.4 Å². The highest BCUT2D eigenvalue weighted by atomic mass is 79.9. The fraction of sp³-hybridized carbons (Fsp3) is 0.539. The third kappa shape index (κ3) is 46.6. The minimum atomic E-state index is -3.71. The summed E-state index contributed by atoms with van der Waals surface area (Å²) in [6.45, 7) is 43.2.